The molecule has 0 spiro atoms. The summed E-state index contributed by atoms with van der Waals surface area (Å²) in [5.74, 6) is -1.97. The smallest absolute Gasteiger partial charge is 0.339 e. The van der Waals surface area contributed by atoms with Crippen LogP contribution in [0, 0.1) is 22.9 Å². The van der Waals surface area contributed by atoms with Crippen molar-refractivity contribution < 1.29 is 19.2 Å². The third-order valence-electron chi connectivity index (χ3n) is 2.47. The van der Waals surface area contributed by atoms with Gasteiger partial charge in [-0.2, -0.15) is 5.10 Å². The van der Waals surface area contributed by atoms with Gasteiger partial charge >= 0.3 is 5.97 Å². The van der Waals surface area contributed by atoms with E-state index in [4.69, 9.17) is 5.11 Å². The van der Waals surface area contributed by atoms with Crippen molar-refractivity contribution in [2.75, 3.05) is 0 Å². The number of nitrogens with zero attached hydrogens (tertiary/aromatic N) is 3. The maximum atomic E-state index is 13.3. The van der Waals surface area contributed by atoms with Gasteiger partial charge in [0.2, 0.25) is 0 Å². The maximum absolute atomic E-state index is 13.3. The van der Waals surface area contributed by atoms with Crippen molar-refractivity contribution >= 4 is 11.7 Å². The van der Waals surface area contributed by atoms with Crippen molar-refractivity contribution in [3.8, 4) is 5.69 Å². The number of carboxylic acid groups (broad SMARTS) is 1. The molecule has 1 N–H and O–H groups in total. The Kier molecular flexibility index (Phi) is 2.99. The summed E-state index contributed by atoms with van der Waals surface area (Å²) >= 11 is 0. The molecule has 1 aromatic carbocycles. The zero-order chi connectivity index (χ0) is 14.2. The van der Waals surface area contributed by atoms with Gasteiger partial charge in [0.25, 0.3) is 5.69 Å². The first-order valence-corrected chi connectivity index (χ1v) is 5.13. The number of aromatic nitrogens is 2. The molecule has 98 valence electrons. The molecule has 8 heteroatoms. The minimum absolute atomic E-state index is 0.0492. The molecule has 0 unspecified atom stereocenters. The molecule has 0 aliphatic heterocycles. The zero-order valence-corrected chi connectivity index (χ0v) is 9.70. The first-order valence-electron chi connectivity index (χ1n) is 5.13. The fourth-order valence-corrected chi connectivity index (χ4v) is 1.60. The first-order chi connectivity index (χ1) is 8.88. The molecular formula is C11H8FN3O4. The summed E-state index contributed by atoms with van der Waals surface area (Å²) < 4.78 is 14.4. The van der Waals surface area contributed by atoms with Crippen LogP contribution in [0.2, 0.25) is 0 Å². The standard InChI is InChI=1S/C11H8FN3O4/c1-6-10(11(16)17)5-14(13-6)8-2-7(12)3-9(4-8)15(18)19/h2-5H,1H3,(H,16,17). The molecule has 0 atom stereocenters. The molecule has 19 heavy (non-hydrogen) atoms. The van der Waals surface area contributed by atoms with Crippen LogP contribution in [0.3, 0.4) is 0 Å². The molecule has 0 saturated heterocycles. The Hall–Kier alpha value is -2.77. The molecule has 1 aromatic heterocycles. The summed E-state index contributed by atoms with van der Waals surface area (Å²) in [5.41, 5.74) is -0.159. The minimum Gasteiger partial charge on any atom is -0.478 e. The zero-order valence-electron chi connectivity index (χ0n) is 9.70. The van der Waals surface area contributed by atoms with E-state index in [2.05, 4.69) is 5.10 Å². The Bertz CT molecular complexity index is 681. The number of carboxylic acids is 1. The van der Waals surface area contributed by atoms with E-state index in [1.165, 1.54) is 13.1 Å². The van der Waals surface area contributed by atoms with Gasteiger partial charge in [0, 0.05) is 18.3 Å². The third-order valence-corrected chi connectivity index (χ3v) is 2.47. The lowest BCUT2D eigenvalue weighted by Crippen LogP contribution is -1.98. The van der Waals surface area contributed by atoms with Crippen molar-refractivity contribution in [2.24, 2.45) is 0 Å². The normalized spacial score (nSPS) is 10.4. The maximum Gasteiger partial charge on any atom is 0.339 e. The van der Waals surface area contributed by atoms with Crippen molar-refractivity contribution in [3.05, 3.63) is 51.6 Å². The number of nitro benzene ring substituents is 1. The van der Waals surface area contributed by atoms with E-state index < -0.39 is 22.4 Å². The van der Waals surface area contributed by atoms with Crippen LogP contribution in [0.5, 0.6) is 0 Å². The number of halogens is 1. The highest BCUT2D eigenvalue weighted by atomic mass is 19.1. The van der Waals surface area contributed by atoms with E-state index in [0.717, 1.165) is 22.9 Å². The Morgan fingerprint density at radius 2 is 2.16 bits per heavy atom. The van der Waals surface area contributed by atoms with E-state index in [1.807, 2.05) is 0 Å². The third kappa shape index (κ3) is 2.41. The number of rotatable bonds is 3. The topological polar surface area (TPSA) is 98.3 Å². The van der Waals surface area contributed by atoms with Crippen LogP contribution in [0.4, 0.5) is 10.1 Å². The van der Waals surface area contributed by atoms with Gasteiger partial charge < -0.3 is 5.11 Å². The largest absolute Gasteiger partial charge is 0.478 e. The summed E-state index contributed by atoms with van der Waals surface area (Å²) in [7, 11) is 0. The molecule has 2 aromatic rings. The van der Waals surface area contributed by atoms with Crippen molar-refractivity contribution in [2.45, 2.75) is 6.92 Å². The lowest BCUT2D eigenvalue weighted by atomic mass is 10.2. The van der Waals surface area contributed by atoms with Gasteiger partial charge in [0.15, 0.2) is 0 Å². The number of non-ortho nitro benzene ring substituents is 1. The molecule has 0 radical (unpaired) electrons. The Morgan fingerprint density at radius 3 is 2.68 bits per heavy atom. The number of aryl methyl sites for hydroxylation is 1. The molecule has 0 aliphatic rings. The summed E-state index contributed by atoms with van der Waals surface area (Å²) in [5, 5.41) is 23.4. The highest BCUT2D eigenvalue weighted by Crippen LogP contribution is 2.20. The number of hydrogen-bond acceptors (Lipinski definition) is 4. The van der Waals surface area contributed by atoms with E-state index in [1.54, 1.807) is 0 Å². The number of benzene rings is 1. The van der Waals surface area contributed by atoms with Gasteiger partial charge in [-0.25, -0.2) is 13.9 Å². The number of aromatic carboxylic acids is 1. The molecule has 1 heterocycles. The Balaban J connectivity index is 2.55. The lowest BCUT2D eigenvalue weighted by molar-refractivity contribution is -0.385. The van der Waals surface area contributed by atoms with Crippen molar-refractivity contribution in [1.82, 2.24) is 9.78 Å². The SMILES string of the molecule is Cc1nn(-c2cc(F)cc([N+](=O)[O-])c2)cc1C(=O)O. The van der Waals surface area contributed by atoms with Crippen LogP contribution in [0.25, 0.3) is 5.69 Å². The van der Waals surface area contributed by atoms with E-state index in [0.29, 0.717) is 0 Å². The van der Waals surface area contributed by atoms with Crippen LogP contribution < -0.4 is 0 Å². The van der Waals surface area contributed by atoms with Crippen LogP contribution in [-0.4, -0.2) is 25.8 Å². The highest BCUT2D eigenvalue weighted by Gasteiger charge is 2.15. The lowest BCUT2D eigenvalue weighted by Gasteiger charge is -2.01. The molecule has 0 aliphatic carbocycles. The number of carbonyl (C=O) groups is 1. The molecule has 7 nitrogen and oxygen atoms in total. The van der Waals surface area contributed by atoms with Gasteiger partial charge in [-0.3, -0.25) is 10.1 Å². The summed E-state index contributed by atoms with van der Waals surface area (Å²) in [6, 6.07) is 2.92. The molecule has 0 amide bonds. The fourth-order valence-electron chi connectivity index (χ4n) is 1.60. The average molecular weight is 265 g/mol. The van der Waals surface area contributed by atoms with Gasteiger partial charge in [-0.1, -0.05) is 0 Å². The van der Waals surface area contributed by atoms with Crippen LogP contribution in [-0.2, 0) is 0 Å². The van der Waals surface area contributed by atoms with Gasteiger partial charge in [-0.15, -0.1) is 0 Å². The fraction of sp³-hybridized carbons (Fsp3) is 0.0909. The second-order valence-corrected chi connectivity index (χ2v) is 3.80. The molecular weight excluding hydrogens is 257 g/mol. The molecule has 0 bridgehead atoms. The van der Waals surface area contributed by atoms with E-state index in [-0.39, 0.29) is 16.9 Å². The van der Waals surface area contributed by atoms with Gasteiger partial charge in [0.05, 0.1) is 22.4 Å². The van der Waals surface area contributed by atoms with Crippen molar-refractivity contribution in [1.29, 1.82) is 0 Å². The minimum atomic E-state index is -1.17. The first kappa shape index (κ1) is 12.7. The summed E-state index contributed by atoms with van der Waals surface area (Å²) in [4.78, 5) is 20.8. The Labute approximate surface area is 106 Å². The second kappa shape index (κ2) is 4.48. The number of hydrogen-bond donors (Lipinski definition) is 1. The monoisotopic (exact) mass is 265 g/mol. The van der Waals surface area contributed by atoms with E-state index >= 15 is 0 Å². The quantitative estimate of drug-likeness (QED) is 0.675. The summed E-state index contributed by atoms with van der Waals surface area (Å²) in [6.45, 7) is 1.48. The number of nitro groups is 1. The average Bonchev–Trinajstić information content (AvgIpc) is 2.70. The summed E-state index contributed by atoms with van der Waals surface area (Å²) in [6.07, 6.45) is 1.18. The molecule has 2 rings (SSSR count). The van der Waals surface area contributed by atoms with Crippen molar-refractivity contribution in [3.63, 3.8) is 0 Å². The van der Waals surface area contributed by atoms with Crippen LogP contribution in [0.15, 0.2) is 24.4 Å². The molecule has 0 fully saturated rings. The molecule has 0 saturated carbocycles. The highest BCUT2D eigenvalue weighted by molar-refractivity contribution is 5.88. The van der Waals surface area contributed by atoms with Crippen LogP contribution >= 0.6 is 0 Å². The van der Waals surface area contributed by atoms with Gasteiger partial charge in [0.1, 0.15) is 11.4 Å². The van der Waals surface area contributed by atoms with Crippen LogP contribution in [0.1, 0.15) is 16.1 Å². The van der Waals surface area contributed by atoms with E-state index in [9.17, 15) is 19.3 Å². The predicted octanol–water partition coefficient (Wildman–Crippen LogP) is 1.93. The second-order valence-electron chi connectivity index (χ2n) is 3.80. The Morgan fingerprint density at radius 1 is 1.47 bits per heavy atom. The van der Waals surface area contributed by atoms with Gasteiger partial charge in [-0.05, 0) is 6.92 Å². The predicted molar refractivity (Wildman–Crippen MR) is 61.9 cm³/mol.